The number of nitrogens with zero attached hydrogens (tertiary/aromatic N) is 1. The van der Waals surface area contributed by atoms with Gasteiger partial charge >= 0.3 is 11.7 Å². The minimum Gasteiger partial charge on any atom is -0.480 e. The number of nitrogens with one attached hydrogen (secondary N) is 1. The zero-order valence-electron chi connectivity index (χ0n) is 10.4. The number of carboxylic acids is 1. The molecule has 0 fully saturated rings. The number of carbonyl (C=O) groups is 1. The molecule has 0 unspecified atom stereocenters. The summed E-state index contributed by atoms with van der Waals surface area (Å²) in [6, 6.07) is 5.00. The third-order valence-corrected chi connectivity index (χ3v) is 2.78. The summed E-state index contributed by atoms with van der Waals surface area (Å²) in [4.78, 5) is 22.3. The van der Waals surface area contributed by atoms with E-state index >= 15 is 0 Å². The fraction of sp³-hybridized carbons (Fsp3) is 0.333. The lowest BCUT2D eigenvalue weighted by atomic mass is 10.1. The Balaban J connectivity index is 2.45. The Morgan fingerprint density at radius 2 is 2.11 bits per heavy atom. The van der Waals surface area contributed by atoms with Gasteiger partial charge in [-0.1, -0.05) is 0 Å². The minimum atomic E-state index is -1.09. The molecule has 0 aliphatic carbocycles. The molecule has 0 saturated heterocycles. The van der Waals surface area contributed by atoms with Crippen LogP contribution in [0, 0.1) is 0 Å². The van der Waals surface area contributed by atoms with Gasteiger partial charge in [0.2, 0.25) is 0 Å². The molecule has 1 heterocycles. The molecule has 1 aromatic heterocycles. The predicted octanol–water partition coefficient (Wildman–Crippen LogP) is 1.41. The van der Waals surface area contributed by atoms with Gasteiger partial charge in [-0.3, -0.25) is 4.57 Å². The Morgan fingerprint density at radius 1 is 1.44 bits per heavy atom. The molecule has 6 heteroatoms. The number of rotatable bonds is 3. The van der Waals surface area contributed by atoms with E-state index in [4.69, 9.17) is 9.52 Å². The van der Waals surface area contributed by atoms with E-state index < -0.39 is 17.3 Å². The molecule has 0 bridgehead atoms. The Labute approximate surface area is 103 Å². The average molecular weight is 250 g/mol. The fourth-order valence-corrected chi connectivity index (χ4v) is 1.62. The highest BCUT2D eigenvalue weighted by atomic mass is 16.4. The number of anilines is 1. The fourth-order valence-electron chi connectivity index (χ4n) is 1.62. The second-order valence-corrected chi connectivity index (χ2v) is 4.66. The quantitative estimate of drug-likeness (QED) is 0.860. The maximum Gasteiger partial charge on any atom is 0.419 e. The summed E-state index contributed by atoms with van der Waals surface area (Å²) in [5.74, 6) is -1.40. The van der Waals surface area contributed by atoms with E-state index in [1.807, 2.05) is 0 Å². The van der Waals surface area contributed by atoms with Gasteiger partial charge < -0.3 is 14.8 Å². The van der Waals surface area contributed by atoms with Crippen LogP contribution in [0.15, 0.2) is 27.4 Å². The summed E-state index contributed by atoms with van der Waals surface area (Å²) in [5.41, 5.74) is 0.620. The lowest BCUT2D eigenvalue weighted by Gasteiger charge is -2.22. The molecule has 2 N–H and O–H groups in total. The first-order valence-corrected chi connectivity index (χ1v) is 5.42. The Bertz CT molecular complexity index is 666. The first kappa shape index (κ1) is 12.2. The van der Waals surface area contributed by atoms with Crippen molar-refractivity contribution in [3.63, 3.8) is 0 Å². The van der Waals surface area contributed by atoms with E-state index in [0.29, 0.717) is 16.8 Å². The van der Waals surface area contributed by atoms with Gasteiger partial charge in [0, 0.05) is 12.7 Å². The van der Waals surface area contributed by atoms with E-state index in [2.05, 4.69) is 5.32 Å². The minimum absolute atomic E-state index is 0.445. The van der Waals surface area contributed by atoms with Gasteiger partial charge in [-0.05, 0) is 32.0 Å². The van der Waals surface area contributed by atoms with Crippen molar-refractivity contribution in [3.8, 4) is 0 Å². The lowest BCUT2D eigenvalue weighted by molar-refractivity contribution is -0.141. The van der Waals surface area contributed by atoms with Crippen molar-refractivity contribution < 1.29 is 14.3 Å². The molecule has 0 aliphatic heterocycles. The zero-order valence-corrected chi connectivity index (χ0v) is 10.4. The summed E-state index contributed by atoms with van der Waals surface area (Å²) in [6.07, 6.45) is 0. The van der Waals surface area contributed by atoms with Crippen molar-refractivity contribution in [1.29, 1.82) is 0 Å². The molecule has 2 rings (SSSR count). The van der Waals surface area contributed by atoms with Gasteiger partial charge in [0.1, 0.15) is 5.54 Å². The first-order valence-electron chi connectivity index (χ1n) is 5.42. The van der Waals surface area contributed by atoms with Gasteiger partial charge in [-0.15, -0.1) is 0 Å². The van der Waals surface area contributed by atoms with Gasteiger partial charge in [0.05, 0.1) is 5.52 Å². The van der Waals surface area contributed by atoms with Gasteiger partial charge in [-0.2, -0.15) is 0 Å². The van der Waals surface area contributed by atoms with Crippen LogP contribution in [0.5, 0.6) is 0 Å². The Kier molecular flexibility index (Phi) is 2.65. The predicted molar refractivity (Wildman–Crippen MR) is 66.8 cm³/mol. The molecule has 96 valence electrons. The van der Waals surface area contributed by atoms with E-state index in [-0.39, 0.29) is 0 Å². The van der Waals surface area contributed by atoms with Crippen LogP contribution in [0.1, 0.15) is 13.8 Å². The topological polar surface area (TPSA) is 84.5 Å². The number of hydrogen-bond donors (Lipinski definition) is 2. The van der Waals surface area contributed by atoms with Crippen LogP contribution in [0.25, 0.3) is 11.1 Å². The van der Waals surface area contributed by atoms with Crippen molar-refractivity contribution in [2.45, 2.75) is 19.4 Å². The largest absolute Gasteiger partial charge is 0.480 e. The van der Waals surface area contributed by atoms with E-state index in [1.165, 1.54) is 4.57 Å². The highest BCUT2D eigenvalue weighted by Gasteiger charge is 2.26. The van der Waals surface area contributed by atoms with Gasteiger partial charge in [-0.25, -0.2) is 9.59 Å². The highest BCUT2D eigenvalue weighted by Crippen LogP contribution is 2.21. The van der Waals surface area contributed by atoms with Crippen molar-refractivity contribution >= 4 is 22.8 Å². The summed E-state index contributed by atoms with van der Waals surface area (Å²) in [7, 11) is 1.60. The van der Waals surface area contributed by atoms with Crippen molar-refractivity contribution in [3.05, 3.63) is 28.7 Å². The van der Waals surface area contributed by atoms with E-state index in [9.17, 15) is 9.59 Å². The Hall–Kier alpha value is -2.24. The zero-order chi connectivity index (χ0) is 13.5. The lowest BCUT2D eigenvalue weighted by Crippen LogP contribution is -2.39. The molecule has 18 heavy (non-hydrogen) atoms. The van der Waals surface area contributed by atoms with Crippen LogP contribution in [0.2, 0.25) is 0 Å². The van der Waals surface area contributed by atoms with E-state index in [1.54, 1.807) is 39.1 Å². The first-order chi connectivity index (χ1) is 8.31. The van der Waals surface area contributed by atoms with Crippen LogP contribution >= 0.6 is 0 Å². The number of aliphatic carboxylic acids is 1. The van der Waals surface area contributed by atoms with Gasteiger partial charge in [0.25, 0.3) is 0 Å². The Morgan fingerprint density at radius 3 is 2.72 bits per heavy atom. The molecule has 0 atom stereocenters. The second-order valence-electron chi connectivity index (χ2n) is 4.66. The molecule has 0 amide bonds. The van der Waals surface area contributed by atoms with Crippen LogP contribution < -0.4 is 11.1 Å². The normalized spacial score (nSPS) is 11.7. The van der Waals surface area contributed by atoms with Crippen molar-refractivity contribution in [2.24, 2.45) is 7.05 Å². The third kappa shape index (κ3) is 1.97. The second kappa shape index (κ2) is 3.90. The molecule has 2 aromatic rings. The summed E-state index contributed by atoms with van der Waals surface area (Å²) < 4.78 is 6.36. The summed E-state index contributed by atoms with van der Waals surface area (Å²) in [6.45, 7) is 3.13. The third-order valence-electron chi connectivity index (χ3n) is 2.78. The average Bonchev–Trinajstić information content (AvgIpc) is 2.55. The number of fused-ring (bicyclic) bond motifs is 1. The maximum absolute atomic E-state index is 11.3. The van der Waals surface area contributed by atoms with Crippen molar-refractivity contribution in [1.82, 2.24) is 4.57 Å². The summed E-state index contributed by atoms with van der Waals surface area (Å²) >= 11 is 0. The molecule has 6 nitrogen and oxygen atoms in total. The van der Waals surface area contributed by atoms with Crippen LogP contribution in [-0.2, 0) is 11.8 Å². The van der Waals surface area contributed by atoms with Crippen LogP contribution in [0.3, 0.4) is 0 Å². The van der Waals surface area contributed by atoms with E-state index in [0.717, 1.165) is 0 Å². The molecule has 0 spiro atoms. The SMILES string of the molecule is Cn1c(=O)oc2ccc(NC(C)(C)C(=O)O)cc21. The number of aryl methyl sites for hydroxylation is 1. The molecular formula is C12H14N2O4. The number of oxazole rings is 1. The molecule has 0 aliphatic rings. The monoisotopic (exact) mass is 250 g/mol. The van der Waals surface area contributed by atoms with Crippen molar-refractivity contribution in [2.75, 3.05) is 5.32 Å². The summed E-state index contributed by atoms with van der Waals surface area (Å²) in [5, 5.41) is 11.9. The molecule has 1 aromatic carbocycles. The number of aromatic nitrogens is 1. The van der Waals surface area contributed by atoms with Crippen LogP contribution in [0.4, 0.5) is 5.69 Å². The van der Waals surface area contributed by atoms with Gasteiger partial charge in [0.15, 0.2) is 5.58 Å². The smallest absolute Gasteiger partial charge is 0.419 e. The number of carboxylic acid groups (broad SMARTS) is 1. The number of hydrogen-bond acceptors (Lipinski definition) is 4. The van der Waals surface area contributed by atoms with Crippen LogP contribution in [-0.4, -0.2) is 21.2 Å². The molecular weight excluding hydrogens is 236 g/mol. The highest BCUT2D eigenvalue weighted by molar-refractivity contribution is 5.84. The number of benzene rings is 1. The molecule has 0 saturated carbocycles. The molecule has 0 radical (unpaired) electrons. The standard InChI is InChI=1S/C12H14N2O4/c1-12(2,10(15)16)13-7-4-5-9-8(6-7)14(3)11(17)18-9/h4-6,13H,1-3H3,(H,15,16). The maximum atomic E-state index is 11.3.